The lowest BCUT2D eigenvalue weighted by molar-refractivity contribution is -0.385. The molecule has 0 radical (unpaired) electrons. The number of rotatable bonds is 3. The van der Waals surface area contributed by atoms with Gasteiger partial charge >= 0.3 is 0 Å². The molecule has 0 saturated carbocycles. The minimum absolute atomic E-state index is 0.0343. The van der Waals surface area contributed by atoms with Crippen LogP contribution in [0, 0.1) is 10.1 Å². The van der Waals surface area contributed by atoms with Gasteiger partial charge in [-0.3, -0.25) is 14.9 Å². The number of carbonyl (C=O) groups is 1. The first-order valence-corrected chi connectivity index (χ1v) is 5.96. The van der Waals surface area contributed by atoms with Crippen LogP contribution in [0.2, 0.25) is 0 Å². The second kappa shape index (κ2) is 5.62. The lowest BCUT2D eigenvalue weighted by Crippen LogP contribution is -2.27. The Kier molecular flexibility index (Phi) is 3.91. The molecule has 0 aliphatic carbocycles. The smallest absolute Gasteiger partial charge is 0.276 e. The lowest BCUT2D eigenvalue weighted by atomic mass is 10.1. The van der Waals surface area contributed by atoms with E-state index >= 15 is 0 Å². The molecule has 0 aromatic heterocycles. The fourth-order valence-corrected chi connectivity index (χ4v) is 2.00. The number of likely N-dealkylation sites (tertiary alicyclic amines) is 1. The topological polar surface area (TPSA) is 83.7 Å². The number of benzene rings is 1. The van der Waals surface area contributed by atoms with Crippen LogP contribution in [-0.2, 0) is 4.79 Å². The molecule has 1 unspecified atom stereocenters. The van der Waals surface area contributed by atoms with Crippen molar-refractivity contribution in [2.45, 2.75) is 12.5 Å². The number of para-hydroxylation sites is 1. The molecule has 6 nitrogen and oxygen atoms in total. The molecule has 2 rings (SSSR count). The van der Waals surface area contributed by atoms with Crippen LogP contribution < -0.4 is 0 Å². The first-order chi connectivity index (χ1) is 9.08. The summed E-state index contributed by atoms with van der Waals surface area (Å²) >= 11 is 0. The molecular formula is C13H14N2O4. The molecule has 0 bridgehead atoms. The lowest BCUT2D eigenvalue weighted by Gasteiger charge is -2.12. The second-order valence-electron chi connectivity index (χ2n) is 4.38. The second-order valence-corrected chi connectivity index (χ2v) is 4.38. The third-order valence-corrected chi connectivity index (χ3v) is 3.01. The molecule has 100 valence electrons. The van der Waals surface area contributed by atoms with Gasteiger partial charge < -0.3 is 10.0 Å². The van der Waals surface area contributed by atoms with Crippen molar-refractivity contribution in [3.05, 3.63) is 46.0 Å². The maximum Gasteiger partial charge on any atom is 0.276 e. The normalized spacial score (nSPS) is 19.0. The summed E-state index contributed by atoms with van der Waals surface area (Å²) in [6.45, 7) is 0.835. The SMILES string of the molecule is O=C(C=Cc1ccccc1[N+](=O)[O-])N1CCC(O)C1. The first-order valence-electron chi connectivity index (χ1n) is 5.96. The van der Waals surface area contributed by atoms with Crippen LogP contribution in [0.3, 0.4) is 0 Å². The fourth-order valence-electron chi connectivity index (χ4n) is 2.00. The molecule has 1 amide bonds. The molecule has 1 saturated heterocycles. The number of nitrogens with zero attached hydrogens (tertiary/aromatic N) is 2. The number of nitro benzene ring substituents is 1. The summed E-state index contributed by atoms with van der Waals surface area (Å²) in [4.78, 5) is 23.7. The fraction of sp³-hybridized carbons (Fsp3) is 0.308. The van der Waals surface area contributed by atoms with Gasteiger partial charge in [-0.05, 0) is 18.6 Å². The summed E-state index contributed by atoms with van der Waals surface area (Å²) in [5, 5.41) is 20.2. The summed E-state index contributed by atoms with van der Waals surface area (Å²) in [7, 11) is 0. The van der Waals surface area contributed by atoms with E-state index in [1.54, 1.807) is 18.2 Å². The van der Waals surface area contributed by atoms with E-state index in [0.29, 0.717) is 25.1 Å². The van der Waals surface area contributed by atoms with Crippen LogP contribution >= 0.6 is 0 Å². The van der Waals surface area contributed by atoms with E-state index in [-0.39, 0.29) is 11.6 Å². The molecule has 0 spiro atoms. The summed E-state index contributed by atoms with van der Waals surface area (Å²) in [5.74, 6) is -0.241. The summed E-state index contributed by atoms with van der Waals surface area (Å²) in [6.07, 6.45) is 2.85. The van der Waals surface area contributed by atoms with E-state index < -0.39 is 11.0 Å². The predicted molar refractivity (Wildman–Crippen MR) is 69.3 cm³/mol. The number of aliphatic hydroxyl groups excluding tert-OH is 1. The monoisotopic (exact) mass is 262 g/mol. The average Bonchev–Trinajstić information content (AvgIpc) is 2.83. The Morgan fingerprint density at radius 3 is 2.84 bits per heavy atom. The highest BCUT2D eigenvalue weighted by Gasteiger charge is 2.22. The highest BCUT2D eigenvalue weighted by Crippen LogP contribution is 2.19. The van der Waals surface area contributed by atoms with Gasteiger partial charge in [-0.2, -0.15) is 0 Å². The van der Waals surface area contributed by atoms with Gasteiger partial charge in [-0.15, -0.1) is 0 Å². The zero-order valence-corrected chi connectivity index (χ0v) is 10.2. The van der Waals surface area contributed by atoms with Crippen LogP contribution in [0.15, 0.2) is 30.3 Å². The van der Waals surface area contributed by atoms with Gasteiger partial charge in [0.15, 0.2) is 0 Å². The van der Waals surface area contributed by atoms with Crippen LogP contribution in [0.25, 0.3) is 6.08 Å². The molecule has 6 heteroatoms. The molecule has 1 N–H and O–H groups in total. The number of carbonyl (C=O) groups excluding carboxylic acids is 1. The number of amides is 1. The number of nitro groups is 1. The van der Waals surface area contributed by atoms with Gasteiger partial charge in [0.25, 0.3) is 5.69 Å². The van der Waals surface area contributed by atoms with Crippen LogP contribution in [0.4, 0.5) is 5.69 Å². The van der Waals surface area contributed by atoms with Crippen molar-refractivity contribution in [1.29, 1.82) is 0 Å². The quantitative estimate of drug-likeness (QED) is 0.504. The molecule has 1 aliphatic rings. The molecule has 1 aliphatic heterocycles. The molecular weight excluding hydrogens is 248 g/mol. The molecule has 1 aromatic carbocycles. The molecule has 1 aromatic rings. The Hall–Kier alpha value is -2.21. The highest BCUT2D eigenvalue weighted by atomic mass is 16.6. The van der Waals surface area contributed by atoms with Gasteiger partial charge in [-0.1, -0.05) is 12.1 Å². The summed E-state index contributed by atoms with van der Waals surface area (Å²) in [5.41, 5.74) is 0.355. The van der Waals surface area contributed by atoms with E-state index in [0.717, 1.165) is 0 Å². The number of hydrogen-bond donors (Lipinski definition) is 1. The Labute approximate surface area is 110 Å². The molecule has 1 heterocycles. The molecule has 1 atom stereocenters. The number of aliphatic hydroxyl groups is 1. The van der Waals surface area contributed by atoms with Crippen molar-refractivity contribution in [3.63, 3.8) is 0 Å². The zero-order valence-electron chi connectivity index (χ0n) is 10.2. The zero-order chi connectivity index (χ0) is 13.8. The third kappa shape index (κ3) is 3.17. The largest absolute Gasteiger partial charge is 0.391 e. The summed E-state index contributed by atoms with van der Waals surface area (Å²) < 4.78 is 0. The van der Waals surface area contributed by atoms with Gasteiger partial charge in [0.1, 0.15) is 0 Å². The van der Waals surface area contributed by atoms with Gasteiger partial charge in [0, 0.05) is 25.2 Å². The van der Waals surface area contributed by atoms with Crippen molar-refractivity contribution >= 4 is 17.7 Å². The van der Waals surface area contributed by atoms with Crippen molar-refractivity contribution < 1.29 is 14.8 Å². The highest BCUT2D eigenvalue weighted by molar-refractivity contribution is 5.92. The summed E-state index contributed by atoms with van der Waals surface area (Å²) in [6, 6.07) is 6.23. The minimum atomic E-state index is -0.482. The van der Waals surface area contributed by atoms with Crippen molar-refractivity contribution in [2.75, 3.05) is 13.1 Å². The maximum absolute atomic E-state index is 11.8. The Morgan fingerprint density at radius 1 is 1.47 bits per heavy atom. The van der Waals surface area contributed by atoms with Gasteiger partial charge in [-0.25, -0.2) is 0 Å². The van der Waals surface area contributed by atoms with Gasteiger partial charge in [0.05, 0.1) is 16.6 Å². The van der Waals surface area contributed by atoms with Crippen molar-refractivity contribution in [1.82, 2.24) is 4.90 Å². The van der Waals surface area contributed by atoms with E-state index in [1.165, 1.54) is 23.1 Å². The Morgan fingerprint density at radius 2 is 2.21 bits per heavy atom. The van der Waals surface area contributed by atoms with E-state index in [4.69, 9.17) is 0 Å². The van der Waals surface area contributed by atoms with E-state index in [9.17, 15) is 20.0 Å². The third-order valence-electron chi connectivity index (χ3n) is 3.01. The van der Waals surface area contributed by atoms with Gasteiger partial charge in [0.2, 0.25) is 5.91 Å². The average molecular weight is 262 g/mol. The predicted octanol–water partition coefficient (Wildman–Crippen LogP) is 1.20. The first kappa shape index (κ1) is 13.2. The minimum Gasteiger partial charge on any atom is -0.391 e. The van der Waals surface area contributed by atoms with E-state index in [1.807, 2.05) is 0 Å². The Balaban J connectivity index is 2.10. The molecule has 1 fully saturated rings. The number of hydrogen-bond acceptors (Lipinski definition) is 4. The Bertz CT molecular complexity index is 527. The standard InChI is InChI=1S/C13H14N2O4/c16-11-7-8-14(9-11)13(17)6-5-10-3-1-2-4-12(10)15(18)19/h1-6,11,16H,7-9H2. The van der Waals surface area contributed by atoms with Crippen LogP contribution in [-0.4, -0.2) is 40.0 Å². The van der Waals surface area contributed by atoms with Crippen molar-refractivity contribution in [3.8, 4) is 0 Å². The van der Waals surface area contributed by atoms with Crippen LogP contribution in [0.1, 0.15) is 12.0 Å². The van der Waals surface area contributed by atoms with E-state index in [2.05, 4.69) is 0 Å². The number of β-amino-alcohol motifs (C(OH)–C–C–N with tert-alkyl or cyclic N) is 1. The molecule has 19 heavy (non-hydrogen) atoms. The van der Waals surface area contributed by atoms with Crippen molar-refractivity contribution in [2.24, 2.45) is 0 Å². The maximum atomic E-state index is 11.8. The van der Waals surface area contributed by atoms with Crippen LogP contribution in [0.5, 0.6) is 0 Å².